The molecule has 7 saturated carbocycles. The number of Topliss-reactive ketones (excluding diaryl/α,β-unsaturated/α-hetero) is 1. The van der Waals surface area contributed by atoms with Crippen molar-refractivity contribution in [3.63, 3.8) is 0 Å². The number of hydrogen-bond acceptors (Lipinski definition) is 2. The number of ketones is 1. The lowest BCUT2D eigenvalue weighted by molar-refractivity contribution is -0.133. The first-order valence-corrected chi connectivity index (χ1v) is 11.8. The summed E-state index contributed by atoms with van der Waals surface area (Å²) in [5.74, 6) is 7.22. The molecular weight excluding hydrogens is 376 g/mol. The minimum Gasteiger partial charge on any atom is -0.390 e. The highest BCUT2D eigenvalue weighted by atomic mass is 79.9. The smallest absolute Gasteiger partial charge is 0.150 e. The van der Waals surface area contributed by atoms with Gasteiger partial charge >= 0.3 is 0 Å². The van der Waals surface area contributed by atoms with Crippen molar-refractivity contribution in [2.75, 3.05) is 5.33 Å². The number of halogens is 1. The molecule has 138 valence electrons. The topological polar surface area (TPSA) is 37.3 Å². The van der Waals surface area contributed by atoms with E-state index in [1.807, 2.05) is 0 Å². The molecule has 7 rings (SSSR count). The fourth-order valence-electron chi connectivity index (χ4n) is 9.80. The van der Waals surface area contributed by atoms with E-state index in [-0.39, 0.29) is 5.41 Å². The molecule has 0 saturated heterocycles. The van der Waals surface area contributed by atoms with Crippen molar-refractivity contribution in [1.82, 2.24) is 0 Å². The van der Waals surface area contributed by atoms with Gasteiger partial charge in [-0.3, -0.25) is 4.79 Å². The van der Waals surface area contributed by atoms with Gasteiger partial charge in [-0.1, -0.05) is 22.9 Å². The largest absolute Gasteiger partial charge is 0.390 e. The molecule has 2 bridgehead atoms. The zero-order chi connectivity index (χ0) is 17.4. The number of hydrogen-bond donors (Lipinski definition) is 1. The standard InChI is InChI=1S/C22H31BrO2/c1-20(25)7-5-12-11(9-20)3-4-14-13(12)6-8-21(2)17(14)16-18-19(16)22(18,21)15(24)10-23/h11-14,16-19,25H,3-10H2,1-2H3/t11-,12+,13-,14-,16-,17-,18?,19-,20-,21+,22+/m1/s1. The van der Waals surface area contributed by atoms with E-state index < -0.39 is 5.60 Å². The molecule has 1 N–H and O–H groups in total. The lowest BCUT2D eigenvalue weighted by atomic mass is 9.49. The molecule has 1 unspecified atom stereocenters. The van der Waals surface area contributed by atoms with E-state index in [2.05, 4.69) is 29.8 Å². The highest BCUT2D eigenvalue weighted by Gasteiger charge is 2.99. The average Bonchev–Trinajstić information content (AvgIpc) is 3.42. The van der Waals surface area contributed by atoms with Crippen LogP contribution in [0.3, 0.4) is 0 Å². The minimum atomic E-state index is -0.414. The maximum absolute atomic E-state index is 12.8. The van der Waals surface area contributed by atoms with Gasteiger partial charge in [-0.05, 0) is 105 Å². The quantitative estimate of drug-likeness (QED) is 0.688. The van der Waals surface area contributed by atoms with Crippen molar-refractivity contribution in [3.8, 4) is 0 Å². The van der Waals surface area contributed by atoms with Crippen LogP contribution in [0.5, 0.6) is 0 Å². The summed E-state index contributed by atoms with van der Waals surface area (Å²) in [5.41, 5.74) is -0.00145. The molecule has 7 aliphatic rings. The number of rotatable bonds is 2. The molecule has 0 aliphatic heterocycles. The molecule has 0 heterocycles. The summed E-state index contributed by atoms with van der Waals surface area (Å²) in [6.07, 6.45) is 8.62. The number of carbonyl (C=O) groups is 1. The van der Waals surface area contributed by atoms with E-state index in [0.29, 0.717) is 16.5 Å². The fraction of sp³-hybridized carbons (Fsp3) is 0.955. The van der Waals surface area contributed by atoms with Crippen molar-refractivity contribution in [2.45, 2.75) is 64.4 Å². The van der Waals surface area contributed by atoms with Gasteiger partial charge in [0.25, 0.3) is 0 Å². The Balaban J connectivity index is 1.31. The first-order chi connectivity index (χ1) is 11.9. The van der Waals surface area contributed by atoms with E-state index in [0.717, 1.165) is 60.2 Å². The zero-order valence-corrected chi connectivity index (χ0v) is 17.1. The highest BCUT2D eigenvalue weighted by Crippen LogP contribution is 2.99. The van der Waals surface area contributed by atoms with Crippen molar-refractivity contribution >= 4 is 21.7 Å². The van der Waals surface area contributed by atoms with Crippen LogP contribution in [-0.2, 0) is 4.79 Å². The van der Waals surface area contributed by atoms with E-state index in [1.165, 1.54) is 32.1 Å². The Hall–Kier alpha value is 0.110. The molecule has 3 heteroatoms. The Morgan fingerprint density at radius 1 is 1.00 bits per heavy atom. The third-order valence-corrected chi connectivity index (χ3v) is 11.0. The summed E-state index contributed by atoms with van der Waals surface area (Å²) >= 11 is 3.49. The maximum atomic E-state index is 12.8. The molecule has 0 amide bonds. The summed E-state index contributed by atoms with van der Waals surface area (Å²) < 4.78 is 0. The van der Waals surface area contributed by atoms with Crippen LogP contribution < -0.4 is 0 Å². The van der Waals surface area contributed by atoms with Crippen LogP contribution in [0.25, 0.3) is 0 Å². The molecule has 0 aromatic rings. The van der Waals surface area contributed by atoms with E-state index in [9.17, 15) is 9.90 Å². The second-order valence-electron chi connectivity index (χ2n) is 11.1. The maximum Gasteiger partial charge on any atom is 0.150 e. The van der Waals surface area contributed by atoms with Crippen LogP contribution in [0.4, 0.5) is 0 Å². The van der Waals surface area contributed by atoms with Crippen molar-refractivity contribution in [1.29, 1.82) is 0 Å². The number of alkyl halides is 1. The summed E-state index contributed by atoms with van der Waals surface area (Å²) in [4.78, 5) is 12.8. The lowest BCUT2D eigenvalue weighted by Gasteiger charge is -2.56. The van der Waals surface area contributed by atoms with Gasteiger partial charge in [0.05, 0.1) is 10.9 Å². The minimum absolute atomic E-state index is 0.101. The van der Waals surface area contributed by atoms with Crippen molar-refractivity contribution < 1.29 is 9.90 Å². The van der Waals surface area contributed by atoms with Crippen molar-refractivity contribution in [3.05, 3.63) is 0 Å². The Morgan fingerprint density at radius 2 is 1.72 bits per heavy atom. The van der Waals surface area contributed by atoms with Crippen LogP contribution in [0, 0.1) is 58.2 Å². The summed E-state index contributed by atoms with van der Waals surface area (Å²) in [7, 11) is 0. The first-order valence-electron chi connectivity index (χ1n) is 10.7. The summed E-state index contributed by atoms with van der Waals surface area (Å²) in [6, 6.07) is 0. The molecule has 0 aromatic carbocycles. The van der Waals surface area contributed by atoms with Crippen LogP contribution in [-0.4, -0.2) is 21.8 Å². The number of carbonyl (C=O) groups excluding carboxylic acids is 1. The van der Waals surface area contributed by atoms with Crippen LogP contribution in [0.2, 0.25) is 0 Å². The van der Waals surface area contributed by atoms with Gasteiger partial charge < -0.3 is 5.11 Å². The van der Waals surface area contributed by atoms with E-state index in [4.69, 9.17) is 0 Å². The second kappa shape index (κ2) is 4.57. The summed E-state index contributed by atoms with van der Waals surface area (Å²) in [6.45, 7) is 4.56. The number of fused-ring (bicyclic) bond motifs is 3. The third-order valence-electron chi connectivity index (χ3n) is 10.4. The van der Waals surface area contributed by atoms with E-state index in [1.54, 1.807) is 0 Å². The highest BCUT2D eigenvalue weighted by molar-refractivity contribution is 9.09. The Bertz CT molecular complexity index is 646. The fourth-order valence-corrected chi connectivity index (χ4v) is 10.3. The molecule has 0 radical (unpaired) electrons. The molecule has 11 atom stereocenters. The molecule has 0 spiro atoms. The molecule has 0 aromatic heterocycles. The predicted molar refractivity (Wildman–Crippen MR) is 100 cm³/mol. The molecule has 7 aliphatic carbocycles. The lowest BCUT2D eigenvalue weighted by Crippen LogP contribution is -2.51. The molecule has 7 fully saturated rings. The SMILES string of the molecule is C[C@@]1(O)CC[C@H]2[C@H](CC[C@@H]3[C@@H]2CC[C@@]2(C)[C@H]3[C@@H]3C4[C@@H]3[C@]42C(=O)CBr)C1. The van der Waals surface area contributed by atoms with Gasteiger partial charge in [0.2, 0.25) is 0 Å². The van der Waals surface area contributed by atoms with Crippen molar-refractivity contribution in [2.24, 2.45) is 58.2 Å². The zero-order valence-electron chi connectivity index (χ0n) is 15.5. The third kappa shape index (κ3) is 1.63. The predicted octanol–water partition coefficient (Wildman–Crippen LogP) is 4.44. The Kier molecular flexibility index (Phi) is 2.94. The van der Waals surface area contributed by atoms with Gasteiger partial charge in [0.15, 0.2) is 5.78 Å². The summed E-state index contributed by atoms with van der Waals surface area (Å²) in [5, 5.41) is 11.1. The van der Waals surface area contributed by atoms with Gasteiger partial charge in [0.1, 0.15) is 0 Å². The number of aliphatic hydroxyl groups is 1. The molecular formula is C22H31BrO2. The average molecular weight is 407 g/mol. The van der Waals surface area contributed by atoms with Crippen LogP contribution in [0.15, 0.2) is 0 Å². The molecule has 25 heavy (non-hydrogen) atoms. The van der Waals surface area contributed by atoms with Gasteiger partial charge in [-0.15, -0.1) is 0 Å². The Labute approximate surface area is 159 Å². The Morgan fingerprint density at radius 3 is 2.44 bits per heavy atom. The van der Waals surface area contributed by atoms with Crippen LogP contribution >= 0.6 is 15.9 Å². The monoisotopic (exact) mass is 406 g/mol. The van der Waals surface area contributed by atoms with E-state index >= 15 is 0 Å². The second-order valence-corrected chi connectivity index (χ2v) is 11.7. The first kappa shape index (κ1) is 16.1. The normalized spacial score (nSPS) is 66.1. The van der Waals surface area contributed by atoms with Gasteiger partial charge in [-0.25, -0.2) is 0 Å². The van der Waals surface area contributed by atoms with Gasteiger partial charge in [-0.2, -0.15) is 0 Å². The molecule has 2 nitrogen and oxygen atoms in total. The van der Waals surface area contributed by atoms with Crippen LogP contribution in [0.1, 0.15) is 58.8 Å². The van der Waals surface area contributed by atoms with Gasteiger partial charge in [0, 0.05) is 5.41 Å².